The van der Waals surface area contributed by atoms with Crippen molar-refractivity contribution in [2.45, 2.75) is 6.92 Å². The molecule has 1 heterocycles. The molecular formula is C21H21NO3. The molecule has 25 heavy (non-hydrogen) atoms. The molecule has 3 aromatic rings. The number of methoxy groups -OCH3 is 3. The molecule has 0 saturated carbocycles. The van der Waals surface area contributed by atoms with E-state index < -0.39 is 0 Å². The second-order valence-corrected chi connectivity index (χ2v) is 5.71. The van der Waals surface area contributed by atoms with Crippen LogP contribution in [0, 0.1) is 6.92 Å². The van der Waals surface area contributed by atoms with Crippen molar-refractivity contribution in [3.05, 3.63) is 59.3 Å². The van der Waals surface area contributed by atoms with E-state index in [0.717, 1.165) is 22.2 Å². The highest BCUT2D eigenvalue weighted by atomic mass is 16.5. The predicted octanol–water partition coefficient (Wildman–Crippen LogP) is 4.74. The summed E-state index contributed by atoms with van der Waals surface area (Å²) >= 11 is 0. The first-order valence-corrected chi connectivity index (χ1v) is 8.00. The highest BCUT2D eigenvalue weighted by molar-refractivity contribution is 5.82. The molecule has 4 nitrogen and oxygen atoms in total. The number of pyridine rings is 1. The summed E-state index contributed by atoms with van der Waals surface area (Å²) in [5, 5.41) is 1.14. The van der Waals surface area contributed by atoms with E-state index >= 15 is 0 Å². The molecule has 0 saturated heterocycles. The van der Waals surface area contributed by atoms with E-state index in [1.54, 1.807) is 21.3 Å². The third kappa shape index (κ3) is 3.58. The van der Waals surface area contributed by atoms with Gasteiger partial charge in [-0.25, -0.2) is 4.98 Å². The van der Waals surface area contributed by atoms with Crippen LogP contribution < -0.4 is 14.2 Å². The summed E-state index contributed by atoms with van der Waals surface area (Å²) in [6.45, 7) is 2.08. The van der Waals surface area contributed by atoms with Crippen LogP contribution in [0.4, 0.5) is 0 Å². The monoisotopic (exact) mass is 335 g/mol. The Morgan fingerprint density at radius 2 is 1.48 bits per heavy atom. The number of rotatable bonds is 5. The average molecular weight is 335 g/mol. The van der Waals surface area contributed by atoms with Gasteiger partial charge in [0.2, 0.25) is 0 Å². The Kier molecular flexibility index (Phi) is 4.89. The number of hydrogen-bond donors (Lipinski definition) is 0. The van der Waals surface area contributed by atoms with Gasteiger partial charge < -0.3 is 14.2 Å². The van der Waals surface area contributed by atoms with Crippen LogP contribution in [0.15, 0.2) is 42.5 Å². The Balaban J connectivity index is 1.97. The van der Waals surface area contributed by atoms with Gasteiger partial charge in [0.1, 0.15) is 5.75 Å². The molecule has 0 aliphatic rings. The Morgan fingerprint density at radius 1 is 0.760 bits per heavy atom. The standard InChI is InChI=1S/C21H21NO3/c1-14-5-10-18-15(11-14)6-8-17(22-18)9-7-16-12-20(24-3)21(25-4)13-19(16)23-2/h5-13H,1-4H3/b9-7+. The summed E-state index contributed by atoms with van der Waals surface area (Å²) in [6, 6.07) is 14.0. The molecule has 0 aliphatic heterocycles. The largest absolute Gasteiger partial charge is 0.496 e. The molecule has 128 valence electrons. The number of fused-ring (bicyclic) bond motifs is 1. The zero-order valence-corrected chi connectivity index (χ0v) is 14.9. The van der Waals surface area contributed by atoms with Gasteiger partial charge in [-0.1, -0.05) is 17.7 Å². The van der Waals surface area contributed by atoms with Crippen molar-refractivity contribution in [3.63, 3.8) is 0 Å². The Morgan fingerprint density at radius 3 is 2.20 bits per heavy atom. The lowest BCUT2D eigenvalue weighted by atomic mass is 10.1. The van der Waals surface area contributed by atoms with Gasteiger partial charge in [0.05, 0.1) is 32.5 Å². The van der Waals surface area contributed by atoms with Crippen molar-refractivity contribution < 1.29 is 14.2 Å². The predicted molar refractivity (Wildman–Crippen MR) is 102 cm³/mol. The van der Waals surface area contributed by atoms with Crippen LogP contribution in [-0.2, 0) is 0 Å². The average Bonchev–Trinajstić information content (AvgIpc) is 2.65. The molecule has 0 aliphatic carbocycles. The topological polar surface area (TPSA) is 40.6 Å². The number of nitrogens with zero attached hydrogens (tertiary/aromatic N) is 1. The summed E-state index contributed by atoms with van der Waals surface area (Å²) in [7, 11) is 4.85. The second kappa shape index (κ2) is 7.26. The summed E-state index contributed by atoms with van der Waals surface area (Å²) in [4.78, 5) is 4.68. The molecule has 0 atom stereocenters. The molecule has 0 spiro atoms. The summed E-state index contributed by atoms with van der Waals surface area (Å²) in [5.41, 5.74) is 3.99. The van der Waals surface area contributed by atoms with Crippen molar-refractivity contribution in [1.82, 2.24) is 4.98 Å². The van der Waals surface area contributed by atoms with Crippen LogP contribution in [0.25, 0.3) is 23.1 Å². The minimum absolute atomic E-state index is 0.635. The normalized spacial score (nSPS) is 11.0. The van der Waals surface area contributed by atoms with Gasteiger partial charge in [-0.3, -0.25) is 0 Å². The molecule has 2 aromatic carbocycles. The van der Waals surface area contributed by atoms with Gasteiger partial charge >= 0.3 is 0 Å². The van der Waals surface area contributed by atoms with E-state index in [1.165, 1.54) is 5.56 Å². The van der Waals surface area contributed by atoms with Crippen LogP contribution in [-0.4, -0.2) is 26.3 Å². The Hall–Kier alpha value is -3.01. The fourth-order valence-electron chi connectivity index (χ4n) is 2.71. The van der Waals surface area contributed by atoms with Crippen LogP contribution >= 0.6 is 0 Å². The second-order valence-electron chi connectivity index (χ2n) is 5.71. The number of aryl methyl sites for hydroxylation is 1. The number of aromatic nitrogens is 1. The van der Waals surface area contributed by atoms with Crippen molar-refractivity contribution in [2.75, 3.05) is 21.3 Å². The molecule has 0 bridgehead atoms. The first-order valence-electron chi connectivity index (χ1n) is 8.00. The maximum atomic E-state index is 5.45. The van der Waals surface area contributed by atoms with Crippen LogP contribution in [0.1, 0.15) is 16.8 Å². The summed E-state index contributed by atoms with van der Waals surface area (Å²) in [6.07, 6.45) is 3.92. The first-order chi connectivity index (χ1) is 12.1. The van der Waals surface area contributed by atoms with E-state index in [-0.39, 0.29) is 0 Å². The first kappa shape index (κ1) is 16.8. The van der Waals surface area contributed by atoms with Crippen molar-refractivity contribution in [3.8, 4) is 17.2 Å². The minimum atomic E-state index is 0.635. The number of ether oxygens (including phenoxy) is 3. The fourth-order valence-corrected chi connectivity index (χ4v) is 2.71. The zero-order chi connectivity index (χ0) is 17.8. The van der Waals surface area contributed by atoms with E-state index in [2.05, 4.69) is 30.1 Å². The lowest BCUT2D eigenvalue weighted by Gasteiger charge is -2.12. The number of benzene rings is 2. The number of hydrogen-bond acceptors (Lipinski definition) is 4. The van der Waals surface area contributed by atoms with Crippen molar-refractivity contribution >= 4 is 23.1 Å². The van der Waals surface area contributed by atoms with E-state index in [9.17, 15) is 0 Å². The van der Waals surface area contributed by atoms with Crippen LogP contribution in [0.2, 0.25) is 0 Å². The van der Waals surface area contributed by atoms with Gasteiger partial charge in [-0.2, -0.15) is 0 Å². The zero-order valence-electron chi connectivity index (χ0n) is 14.9. The van der Waals surface area contributed by atoms with Gasteiger partial charge in [0.25, 0.3) is 0 Å². The molecule has 4 heteroatoms. The van der Waals surface area contributed by atoms with Crippen molar-refractivity contribution in [2.24, 2.45) is 0 Å². The quantitative estimate of drug-likeness (QED) is 0.675. The Bertz CT molecular complexity index is 932. The third-order valence-corrected chi connectivity index (χ3v) is 4.04. The van der Waals surface area contributed by atoms with Gasteiger partial charge in [0, 0.05) is 17.0 Å². The molecule has 0 unspecified atom stereocenters. The summed E-state index contributed by atoms with van der Waals surface area (Å²) < 4.78 is 16.1. The molecule has 0 radical (unpaired) electrons. The molecule has 3 rings (SSSR count). The van der Waals surface area contributed by atoms with Crippen LogP contribution in [0.3, 0.4) is 0 Å². The van der Waals surface area contributed by atoms with Crippen molar-refractivity contribution in [1.29, 1.82) is 0 Å². The maximum absolute atomic E-state index is 5.45. The van der Waals surface area contributed by atoms with E-state index in [4.69, 9.17) is 14.2 Å². The molecule has 1 aromatic heterocycles. The van der Waals surface area contributed by atoms with E-state index in [1.807, 2.05) is 36.4 Å². The maximum Gasteiger partial charge on any atom is 0.164 e. The lowest BCUT2D eigenvalue weighted by Crippen LogP contribution is -1.94. The minimum Gasteiger partial charge on any atom is -0.496 e. The van der Waals surface area contributed by atoms with Gasteiger partial charge in [-0.05, 0) is 43.3 Å². The highest BCUT2D eigenvalue weighted by Gasteiger charge is 2.10. The lowest BCUT2D eigenvalue weighted by molar-refractivity contribution is 0.348. The summed E-state index contributed by atoms with van der Waals surface area (Å²) in [5.74, 6) is 2.01. The third-order valence-electron chi connectivity index (χ3n) is 4.04. The molecule has 0 N–H and O–H groups in total. The van der Waals surface area contributed by atoms with E-state index in [0.29, 0.717) is 17.2 Å². The molecule has 0 amide bonds. The SMILES string of the molecule is COc1cc(OC)c(OC)cc1/C=C/c1ccc2cc(C)ccc2n1. The van der Waals surface area contributed by atoms with Gasteiger partial charge in [0.15, 0.2) is 11.5 Å². The Labute approximate surface area is 147 Å². The van der Waals surface area contributed by atoms with Crippen LogP contribution in [0.5, 0.6) is 17.2 Å². The highest BCUT2D eigenvalue weighted by Crippen LogP contribution is 2.35. The smallest absolute Gasteiger partial charge is 0.164 e. The molecule has 0 fully saturated rings. The fraction of sp³-hybridized carbons (Fsp3) is 0.190. The molecular weight excluding hydrogens is 314 g/mol. The van der Waals surface area contributed by atoms with Gasteiger partial charge in [-0.15, -0.1) is 0 Å².